The third-order valence-corrected chi connectivity index (χ3v) is 2.96. The maximum atomic E-state index is 6.00. The van der Waals surface area contributed by atoms with Crippen molar-refractivity contribution in [1.82, 2.24) is 9.97 Å². The lowest BCUT2D eigenvalue weighted by Gasteiger charge is -2.13. The van der Waals surface area contributed by atoms with Crippen molar-refractivity contribution < 1.29 is 4.42 Å². The molecule has 0 aliphatic rings. The Kier molecular flexibility index (Phi) is 4.43. The first-order chi connectivity index (χ1) is 9.08. The van der Waals surface area contributed by atoms with Crippen LogP contribution in [-0.2, 0) is 6.42 Å². The summed E-state index contributed by atoms with van der Waals surface area (Å²) in [7, 11) is 0. The maximum absolute atomic E-state index is 6.00. The topological polar surface area (TPSA) is 51.0 Å². The van der Waals surface area contributed by atoms with E-state index in [1.807, 2.05) is 26.0 Å². The van der Waals surface area contributed by atoms with E-state index in [1.165, 1.54) is 0 Å². The third-order valence-electron chi connectivity index (χ3n) is 2.77. The molecule has 2 rings (SSSR count). The molecule has 0 radical (unpaired) electrons. The minimum atomic E-state index is 0.0362. The van der Waals surface area contributed by atoms with E-state index in [0.29, 0.717) is 5.15 Å². The number of halogens is 1. The number of rotatable bonds is 5. The lowest BCUT2D eigenvalue weighted by Crippen LogP contribution is -2.09. The molecule has 0 amide bonds. The second kappa shape index (κ2) is 6.06. The number of nitrogens with one attached hydrogen (secondary N) is 1. The molecule has 2 aromatic heterocycles. The van der Waals surface area contributed by atoms with E-state index < -0.39 is 0 Å². The van der Waals surface area contributed by atoms with Gasteiger partial charge in [-0.2, -0.15) is 0 Å². The van der Waals surface area contributed by atoms with Gasteiger partial charge in [0, 0.05) is 12.5 Å². The van der Waals surface area contributed by atoms with Crippen molar-refractivity contribution in [2.75, 3.05) is 5.32 Å². The molecule has 0 spiro atoms. The molecule has 5 heteroatoms. The summed E-state index contributed by atoms with van der Waals surface area (Å²) in [4.78, 5) is 8.65. The molecular formula is C14H18ClN3O. The first-order valence-electron chi connectivity index (χ1n) is 6.45. The molecule has 0 aliphatic carbocycles. The van der Waals surface area contributed by atoms with Crippen LogP contribution in [0.15, 0.2) is 22.6 Å². The SMILES string of the molecule is CCCc1nc(Cl)cc(NC(C)c2ccc(C)o2)n1. The van der Waals surface area contributed by atoms with E-state index in [4.69, 9.17) is 16.0 Å². The van der Waals surface area contributed by atoms with Gasteiger partial charge in [-0.15, -0.1) is 0 Å². The van der Waals surface area contributed by atoms with Crippen molar-refractivity contribution in [3.8, 4) is 0 Å². The van der Waals surface area contributed by atoms with Gasteiger partial charge in [-0.05, 0) is 32.4 Å². The Hall–Kier alpha value is -1.55. The zero-order valence-corrected chi connectivity index (χ0v) is 12.2. The molecular weight excluding hydrogens is 262 g/mol. The lowest BCUT2D eigenvalue weighted by atomic mass is 10.2. The van der Waals surface area contributed by atoms with E-state index >= 15 is 0 Å². The van der Waals surface area contributed by atoms with E-state index in [1.54, 1.807) is 6.07 Å². The third kappa shape index (κ3) is 3.70. The molecule has 2 aromatic rings. The number of anilines is 1. The first-order valence-corrected chi connectivity index (χ1v) is 6.82. The summed E-state index contributed by atoms with van der Waals surface area (Å²) in [6.45, 7) is 6.04. The number of hydrogen-bond donors (Lipinski definition) is 1. The zero-order valence-electron chi connectivity index (χ0n) is 11.4. The van der Waals surface area contributed by atoms with Crippen molar-refractivity contribution in [3.63, 3.8) is 0 Å². The average molecular weight is 280 g/mol. The van der Waals surface area contributed by atoms with Crippen LogP contribution in [0.3, 0.4) is 0 Å². The van der Waals surface area contributed by atoms with Gasteiger partial charge in [0.15, 0.2) is 0 Å². The van der Waals surface area contributed by atoms with Gasteiger partial charge in [0.05, 0.1) is 6.04 Å². The highest BCUT2D eigenvalue weighted by molar-refractivity contribution is 6.29. The number of furan rings is 1. The standard InChI is InChI=1S/C14H18ClN3O/c1-4-5-13-17-12(15)8-14(18-13)16-10(3)11-7-6-9(2)19-11/h6-8,10H,4-5H2,1-3H3,(H,16,17,18). The van der Waals surface area contributed by atoms with Crippen molar-refractivity contribution >= 4 is 17.4 Å². The largest absolute Gasteiger partial charge is 0.464 e. The zero-order chi connectivity index (χ0) is 13.8. The summed E-state index contributed by atoms with van der Waals surface area (Å²) in [6.07, 6.45) is 1.82. The molecule has 102 valence electrons. The first kappa shape index (κ1) is 13.9. The Balaban J connectivity index is 2.14. The fourth-order valence-corrected chi connectivity index (χ4v) is 2.05. The summed E-state index contributed by atoms with van der Waals surface area (Å²) >= 11 is 6.00. The summed E-state index contributed by atoms with van der Waals surface area (Å²) in [6, 6.07) is 5.67. The quantitative estimate of drug-likeness (QED) is 0.835. The molecule has 0 saturated carbocycles. The molecule has 0 bridgehead atoms. The van der Waals surface area contributed by atoms with E-state index in [0.717, 1.165) is 36.0 Å². The number of aryl methyl sites for hydroxylation is 2. The second-order valence-corrected chi connectivity index (χ2v) is 4.94. The highest BCUT2D eigenvalue weighted by atomic mass is 35.5. The molecule has 0 aliphatic heterocycles. The molecule has 4 nitrogen and oxygen atoms in total. The molecule has 0 saturated heterocycles. The minimum absolute atomic E-state index is 0.0362. The molecule has 1 atom stereocenters. The van der Waals surface area contributed by atoms with Gasteiger partial charge >= 0.3 is 0 Å². The monoisotopic (exact) mass is 279 g/mol. The molecule has 1 N–H and O–H groups in total. The Labute approximate surface area is 118 Å². The second-order valence-electron chi connectivity index (χ2n) is 4.56. The van der Waals surface area contributed by atoms with Crippen LogP contribution in [0.4, 0.5) is 5.82 Å². The van der Waals surface area contributed by atoms with Crippen molar-refractivity contribution in [1.29, 1.82) is 0 Å². The Bertz CT molecular complexity index is 553. The van der Waals surface area contributed by atoms with Crippen LogP contribution < -0.4 is 5.32 Å². The van der Waals surface area contributed by atoms with Gasteiger partial charge in [0.1, 0.15) is 28.3 Å². The highest BCUT2D eigenvalue weighted by Gasteiger charge is 2.11. The predicted octanol–water partition coefficient (Wildman–Crippen LogP) is 4.16. The molecule has 19 heavy (non-hydrogen) atoms. The predicted molar refractivity (Wildman–Crippen MR) is 76.5 cm³/mol. The van der Waals surface area contributed by atoms with Gasteiger partial charge in [-0.1, -0.05) is 18.5 Å². The fraction of sp³-hybridized carbons (Fsp3) is 0.429. The van der Waals surface area contributed by atoms with Crippen LogP contribution in [0.2, 0.25) is 5.15 Å². The normalized spacial score (nSPS) is 12.4. The van der Waals surface area contributed by atoms with Crippen LogP contribution in [0.1, 0.15) is 43.7 Å². The van der Waals surface area contributed by atoms with E-state index in [-0.39, 0.29) is 6.04 Å². The van der Waals surface area contributed by atoms with E-state index in [2.05, 4.69) is 22.2 Å². The Morgan fingerprint density at radius 3 is 2.79 bits per heavy atom. The number of nitrogens with zero attached hydrogens (tertiary/aromatic N) is 2. The number of hydrogen-bond acceptors (Lipinski definition) is 4. The summed E-state index contributed by atoms with van der Waals surface area (Å²) in [5.41, 5.74) is 0. The molecule has 1 unspecified atom stereocenters. The van der Waals surface area contributed by atoms with Crippen LogP contribution in [0.5, 0.6) is 0 Å². The van der Waals surface area contributed by atoms with Gasteiger partial charge in [-0.25, -0.2) is 9.97 Å². The highest BCUT2D eigenvalue weighted by Crippen LogP contribution is 2.21. The molecule has 2 heterocycles. The van der Waals surface area contributed by atoms with Gasteiger partial charge in [0.25, 0.3) is 0 Å². The van der Waals surface area contributed by atoms with E-state index in [9.17, 15) is 0 Å². The number of aromatic nitrogens is 2. The summed E-state index contributed by atoms with van der Waals surface area (Å²) in [5.74, 6) is 3.27. The Morgan fingerprint density at radius 1 is 1.37 bits per heavy atom. The van der Waals surface area contributed by atoms with Crippen molar-refractivity contribution in [2.45, 2.75) is 39.7 Å². The molecule has 0 fully saturated rings. The van der Waals surface area contributed by atoms with Crippen LogP contribution in [0.25, 0.3) is 0 Å². The van der Waals surface area contributed by atoms with Crippen molar-refractivity contribution in [2.24, 2.45) is 0 Å². The minimum Gasteiger partial charge on any atom is -0.464 e. The maximum Gasteiger partial charge on any atom is 0.134 e. The molecule has 0 aromatic carbocycles. The lowest BCUT2D eigenvalue weighted by molar-refractivity contribution is 0.466. The summed E-state index contributed by atoms with van der Waals surface area (Å²) in [5, 5.41) is 3.74. The van der Waals surface area contributed by atoms with Crippen molar-refractivity contribution in [3.05, 3.63) is 40.7 Å². The van der Waals surface area contributed by atoms with Crippen LogP contribution in [-0.4, -0.2) is 9.97 Å². The van der Waals surface area contributed by atoms with Crippen LogP contribution >= 0.6 is 11.6 Å². The Morgan fingerprint density at radius 2 is 2.16 bits per heavy atom. The van der Waals surface area contributed by atoms with Gasteiger partial charge < -0.3 is 9.73 Å². The van der Waals surface area contributed by atoms with Gasteiger partial charge in [-0.3, -0.25) is 0 Å². The fourth-order valence-electron chi connectivity index (χ4n) is 1.85. The van der Waals surface area contributed by atoms with Gasteiger partial charge in [0.2, 0.25) is 0 Å². The van der Waals surface area contributed by atoms with Crippen LogP contribution in [0, 0.1) is 6.92 Å². The smallest absolute Gasteiger partial charge is 0.134 e. The average Bonchev–Trinajstić information content (AvgIpc) is 2.75. The summed E-state index contributed by atoms with van der Waals surface area (Å²) < 4.78 is 5.59.